The van der Waals surface area contributed by atoms with Gasteiger partial charge < -0.3 is 10.6 Å². The highest BCUT2D eigenvalue weighted by molar-refractivity contribution is 6.04. The molecule has 1 amide bonds. The first-order chi connectivity index (χ1) is 9.20. The Morgan fingerprint density at radius 3 is 2.84 bits per heavy atom. The zero-order valence-corrected chi connectivity index (χ0v) is 11.1. The molecule has 0 fully saturated rings. The number of aryl methyl sites for hydroxylation is 1. The van der Waals surface area contributed by atoms with Crippen LogP contribution in [0.1, 0.15) is 21.6 Å². The first-order valence-corrected chi connectivity index (χ1v) is 6.17. The predicted octanol–water partition coefficient (Wildman–Crippen LogP) is 2.36. The predicted molar refractivity (Wildman–Crippen MR) is 76.1 cm³/mol. The van der Waals surface area contributed by atoms with Gasteiger partial charge in [-0.05, 0) is 43.8 Å². The van der Waals surface area contributed by atoms with Gasteiger partial charge >= 0.3 is 0 Å². The summed E-state index contributed by atoms with van der Waals surface area (Å²) in [5.74, 6) is -0.132. The lowest BCUT2D eigenvalue weighted by molar-refractivity contribution is 0.102. The number of hydrogen-bond acceptors (Lipinski definition) is 3. The molecule has 0 saturated heterocycles. The molecule has 1 aromatic carbocycles. The van der Waals surface area contributed by atoms with Gasteiger partial charge in [-0.15, -0.1) is 0 Å². The van der Waals surface area contributed by atoms with Crippen molar-refractivity contribution < 1.29 is 4.79 Å². The Morgan fingerprint density at radius 1 is 1.26 bits per heavy atom. The van der Waals surface area contributed by atoms with Crippen LogP contribution in [0, 0.1) is 6.92 Å². The van der Waals surface area contributed by atoms with Gasteiger partial charge in [0, 0.05) is 24.1 Å². The summed E-state index contributed by atoms with van der Waals surface area (Å²) < 4.78 is 0. The third-order valence-electron chi connectivity index (χ3n) is 2.82. The summed E-state index contributed by atoms with van der Waals surface area (Å²) in [6.45, 7) is 2.60. The molecule has 2 aromatic rings. The van der Waals surface area contributed by atoms with Gasteiger partial charge in [-0.2, -0.15) is 0 Å². The SMILES string of the molecule is CNCc1cccc(NC(=O)c2cccnc2C)c1. The number of carbonyl (C=O) groups is 1. The van der Waals surface area contributed by atoms with Crippen molar-refractivity contribution >= 4 is 11.6 Å². The Morgan fingerprint density at radius 2 is 2.11 bits per heavy atom. The fraction of sp³-hybridized carbons (Fsp3) is 0.200. The van der Waals surface area contributed by atoms with E-state index in [2.05, 4.69) is 15.6 Å². The van der Waals surface area contributed by atoms with E-state index in [9.17, 15) is 4.79 Å². The van der Waals surface area contributed by atoms with Crippen molar-refractivity contribution in [2.45, 2.75) is 13.5 Å². The zero-order chi connectivity index (χ0) is 13.7. The second kappa shape index (κ2) is 6.11. The Labute approximate surface area is 112 Å². The van der Waals surface area contributed by atoms with Gasteiger partial charge in [0.25, 0.3) is 5.91 Å². The highest BCUT2D eigenvalue weighted by Gasteiger charge is 2.09. The van der Waals surface area contributed by atoms with Crippen LogP contribution in [0.4, 0.5) is 5.69 Å². The molecule has 2 N–H and O–H groups in total. The van der Waals surface area contributed by atoms with Crippen molar-refractivity contribution in [3.8, 4) is 0 Å². The third-order valence-corrected chi connectivity index (χ3v) is 2.82. The average Bonchev–Trinajstić information content (AvgIpc) is 2.40. The number of aromatic nitrogens is 1. The summed E-state index contributed by atoms with van der Waals surface area (Å²) in [7, 11) is 1.89. The quantitative estimate of drug-likeness (QED) is 0.881. The minimum Gasteiger partial charge on any atom is -0.322 e. The molecule has 0 aliphatic rings. The molecule has 1 heterocycles. The standard InChI is InChI=1S/C15H17N3O/c1-11-14(7-4-8-17-11)15(19)18-13-6-3-5-12(9-13)10-16-2/h3-9,16H,10H2,1-2H3,(H,18,19). The highest BCUT2D eigenvalue weighted by Crippen LogP contribution is 2.13. The first-order valence-electron chi connectivity index (χ1n) is 6.17. The van der Waals surface area contributed by atoms with Gasteiger partial charge in [-0.3, -0.25) is 9.78 Å². The lowest BCUT2D eigenvalue weighted by atomic mass is 10.1. The Bertz CT molecular complexity index is 581. The van der Waals surface area contributed by atoms with Gasteiger partial charge in [-0.1, -0.05) is 12.1 Å². The van der Waals surface area contributed by atoms with Crippen LogP contribution in [0.5, 0.6) is 0 Å². The van der Waals surface area contributed by atoms with Crippen LogP contribution in [0.15, 0.2) is 42.6 Å². The maximum Gasteiger partial charge on any atom is 0.257 e. The maximum absolute atomic E-state index is 12.1. The van der Waals surface area contributed by atoms with E-state index in [-0.39, 0.29) is 5.91 Å². The van der Waals surface area contributed by atoms with Crippen LogP contribution in [0.3, 0.4) is 0 Å². The largest absolute Gasteiger partial charge is 0.322 e. The molecule has 0 atom stereocenters. The fourth-order valence-corrected chi connectivity index (χ4v) is 1.89. The minimum atomic E-state index is -0.132. The van der Waals surface area contributed by atoms with Gasteiger partial charge in [0.1, 0.15) is 0 Å². The van der Waals surface area contributed by atoms with Crippen molar-refractivity contribution in [2.75, 3.05) is 12.4 Å². The molecule has 0 aliphatic carbocycles. The van der Waals surface area contributed by atoms with Crippen LogP contribution in [-0.4, -0.2) is 17.9 Å². The summed E-state index contributed by atoms with van der Waals surface area (Å²) in [4.78, 5) is 16.3. The van der Waals surface area contributed by atoms with E-state index in [4.69, 9.17) is 0 Å². The number of hydrogen-bond donors (Lipinski definition) is 2. The van der Waals surface area contributed by atoms with Crippen LogP contribution >= 0.6 is 0 Å². The van der Waals surface area contributed by atoms with E-state index < -0.39 is 0 Å². The van der Waals surface area contributed by atoms with Crippen molar-refractivity contribution in [1.29, 1.82) is 0 Å². The summed E-state index contributed by atoms with van der Waals surface area (Å²) in [5, 5.41) is 5.97. The number of nitrogens with zero attached hydrogens (tertiary/aromatic N) is 1. The molecule has 98 valence electrons. The number of anilines is 1. The van der Waals surface area contributed by atoms with E-state index in [0.717, 1.165) is 23.5 Å². The van der Waals surface area contributed by atoms with Crippen molar-refractivity contribution in [2.24, 2.45) is 0 Å². The summed E-state index contributed by atoms with van der Waals surface area (Å²) in [6.07, 6.45) is 1.68. The first kappa shape index (κ1) is 13.2. The van der Waals surface area contributed by atoms with Crippen LogP contribution in [0.2, 0.25) is 0 Å². The summed E-state index contributed by atoms with van der Waals surface area (Å²) in [5.41, 5.74) is 3.25. The van der Waals surface area contributed by atoms with E-state index >= 15 is 0 Å². The molecular formula is C15H17N3O. The Balaban J connectivity index is 2.15. The van der Waals surface area contributed by atoms with E-state index in [0.29, 0.717) is 5.56 Å². The normalized spacial score (nSPS) is 10.2. The second-order valence-electron chi connectivity index (χ2n) is 4.32. The molecule has 4 nitrogen and oxygen atoms in total. The lowest BCUT2D eigenvalue weighted by Crippen LogP contribution is -2.14. The topological polar surface area (TPSA) is 54.0 Å². The number of rotatable bonds is 4. The van der Waals surface area contributed by atoms with Crippen molar-refractivity contribution in [1.82, 2.24) is 10.3 Å². The Hall–Kier alpha value is -2.20. The molecule has 0 aliphatic heterocycles. The maximum atomic E-state index is 12.1. The molecule has 1 aromatic heterocycles. The molecule has 19 heavy (non-hydrogen) atoms. The summed E-state index contributed by atoms with van der Waals surface area (Å²) >= 11 is 0. The molecule has 0 saturated carbocycles. The molecular weight excluding hydrogens is 238 g/mol. The van der Waals surface area contributed by atoms with E-state index in [1.54, 1.807) is 18.3 Å². The highest BCUT2D eigenvalue weighted by atomic mass is 16.1. The van der Waals surface area contributed by atoms with Gasteiger partial charge in [-0.25, -0.2) is 0 Å². The summed E-state index contributed by atoms with van der Waals surface area (Å²) in [6, 6.07) is 11.3. The van der Waals surface area contributed by atoms with Crippen LogP contribution in [0.25, 0.3) is 0 Å². The minimum absolute atomic E-state index is 0.132. The van der Waals surface area contributed by atoms with Gasteiger partial charge in [0.15, 0.2) is 0 Å². The van der Waals surface area contributed by atoms with Crippen LogP contribution < -0.4 is 10.6 Å². The van der Waals surface area contributed by atoms with Gasteiger partial charge in [0.05, 0.1) is 5.56 Å². The zero-order valence-electron chi connectivity index (χ0n) is 11.1. The number of nitrogens with one attached hydrogen (secondary N) is 2. The van der Waals surface area contributed by atoms with E-state index in [1.807, 2.05) is 38.2 Å². The molecule has 0 unspecified atom stereocenters. The van der Waals surface area contributed by atoms with Crippen LogP contribution in [-0.2, 0) is 6.54 Å². The fourth-order valence-electron chi connectivity index (χ4n) is 1.89. The number of amides is 1. The Kier molecular flexibility index (Phi) is 4.26. The van der Waals surface area contributed by atoms with Crippen molar-refractivity contribution in [3.05, 3.63) is 59.4 Å². The van der Waals surface area contributed by atoms with Gasteiger partial charge in [0.2, 0.25) is 0 Å². The number of benzene rings is 1. The molecule has 4 heteroatoms. The monoisotopic (exact) mass is 255 g/mol. The number of carbonyl (C=O) groups excluding carboxylic acids is 1. The molecule has 0 radical (unpaired) electrons. The number of pyridine rings is 1. The lowest BCUT2D eigenvalue weighted by Gasteiger charge is -2.08. The average molecular weight is 255 g/mol. The molecule has 0 spiro atoms. The molecule has 2 rings (SSSR count). The second-order valence-corrected chi connectivity index (χ2v) is 4.32. The third kappa shape index (κ3) is 3.39. The van der Waals surface area contributed by atoms with E-state index in [1.165, 1.54) is 0 Å². The smallest absolute Gasteiger partial charge is 0.257 e. The van der Waals surface area contributed by atoms with Crippen molar-refractivity contribution in [3.63, 3.8) is 0 Å². The molecule has 0 bridgehead atoms.